The molecule has 0 saturated heterocycles. The van der Waals surface area contributed by atoms with Crippen molar-refractivity contribution in [3.63, 3.8) is 0 Å². The molecule has 98 valence electrons. The van der Waals surface area contributed by atoms with Crippen LogP contribution < -0.4 is 9.31 Å². The van der Waals surface area contributed by atoms with E-state index < -0.39 is 24.5 Å². The van der Waals surface area contributed by atoms with Gasteiger partial charge in [0, 0.05) is 0 Å². The number of rotatable bonds is 3. The monoisotopic (exact) mass is 359 g/mol. The molecule has 3 nitrogen and oxygen atoms in total. The molecular formula is C13H18FNO2Sn. The first-order chi connectivity index (χ1) is 8.29. The van der Waals surface area contributed by atoms with Gasteiger partial charge in [0.25, 0.3) is 0 Å². The molecule has 1 aromatic rings. The SMILES string of the molecule is [CH3][Sn]([CH3])([CH3])[c]1ccc([C@@H]2C[C@H]2OC(N)=O)cc1F. The number of primary amides is 1. The number of carbonyl (C=O) groups excluding carboxylic acids is 1. The summed E-state index contributed by atoms with van der Waals surface area (Å²) < 4.78 is 19.8. The fourth-order valence-electron chi connectivity index (χ4n) is 2.17. The Morgan fingerprint density at radius 3 is 2.61 bits per heavy atom. The zero-order valence-corrected chi connectivity index (χ0v) is 13.7. The van der Waals surface area contributed by atoms with E-state index in [1.807, 2.05) is 12.1 Å². The van der Waals surface area contributed by atoms with Crippen molar-refractivity contribution in [1.82, 2.24) is 0 Å². The van der Waals surface area contributed by atoms with Gasteiger partial charge in [0.2, 0.25) is 0 Å². The van der Waals surface area contributed by atoms with Gasteiger partial charge < -0.3 is 0 Å². The first-order valence-corrected chi connectivity index (χ1v) is 16.0. The Kier molecular flexibility index (Phi) is 3.58. The van der Waals surface area contributed by atoms with Gasteiger partial charge in [0.05, 0.1) is 0 Å². The maximum absolute atomic E-state index is 14.0. The molecule has 1 fully saturated rings. The predicted octanol–water partition coefficient (Wildman–Crippen LogP) is 2.32. The van der Waals surface area contributed by atoms with E-state index in [1.54, 1.807) is 6.07 Å². The van der Waals surface area contributed by atoms with Crippen LogP contribution in [0.5, 0.6) is 0 Å². The van der Waals surface area contributed by atoms with Crippen LogP contribution in [0.4, 0.5) is 9.18 Å². The topological polar surface area (TPSA) is 52.3 Å². The van der Waals surface area contributed by atoms with Gasteiger partial charge in [-0.05, 0) is 0 Å². The van der Waals surface area contributed by atoms with E-state index in [9.17, 15) is 9.18 Å². The van der Waals surface area contributed by atoms with Crippen LogP contribution in [-0.4, -0.2) is 30.6 Å². The van der Waals surface area contributed by atoms with Crippen molar-refractivity contribution in [2.75, 3.05) is 0 Å². The standard InChI is InChI=1S/C10H9FNO2.3CH3.Sn/c11-7-3-1-2-6(4-7)8-5-9(8)14-10(12)13;;;;/h1-2,4,8-9H,5H2,(H2,12,13);3*1H3;/t8-,9+;;;;/m0..../s1. The summed E-state index contributed by atoms with van der Waals surface area (Å²) in [5.74, 6) is -0.00302. The van der Waals surface area contributed by atoms with Crippen LogP contribution in [0.25, 0.3) is 0 Å². The van der Waals surface area contributed by atoms with Crippen molar-refractivity contribution < 1.29 is 13.9 Å². The molecule has 2 atom stereocenters. The molecule has 5 heteroatoms. The fourth-order valence-corrected chi connectivity index (χ4v) is 6.09. The minimum atomic E-state index is -2.37. The van der Waals surface area contributed by atoms with Gasteiger partial charge in [-0.3, -0.25) is 0 Å². The van der Waals surface area contributed by atoms with Crippen LogP contribution in [0.3, 0.4) is 0 Å². The third-order valence-corrected chi connectivity index (χ3v) is 9.00. The van der Waals surface area contributed by atoms with Crippen LogP contribution >= 0.6 is 0 Å². The molecule has 1 aromatic carbocycles. The zero-order chi connectivity index (χ0) is 13.5. The van der Waals surface area contributed by atoms with Crippen LogP contribution in [0, 0.1) is 5.82 Å². The summed E-state index contributed by atoms with van der Waals surface area (Å²) >= 11 is -2.37. The molecule has 1 aliphatic rings. The van der Waals surface area contributed by atoms with Crippen molar-refractivity contribution >= 4 is 28.0 Å². The molecule has 0 aliphatic heterocycles. The summed E-state index contributed by atoms with van der Waals surface area (Å²) in [6.45, 7) is 0. The molecule has 0 bridgehead atoms. The quantitative estimate of drug-likeness (QED) is 0.844. The number of carbonyl (C=O) groups is 1. The Morgan fingerprint density at radius 1 is 1.44 bits per heavy atom. The first-order valence-electron chi connectivity index (χ1n) is 6.05. The summed E-state index contributed by atoms with van der Waals surface area (Å²) in [5.41, 5.74) is 5.86. The van der Waals surface area contributed by atoms with E-state index in [0.717, 1.165) is 15.6 Å². The Bertz CT molecular complexity index is 484. The maximum atomic E-state index is 14.0. The number of ether oxygens (including phenoxy) is 1. The second-order valence-corrected chi connectivity index (χ2v) is 20.2. The molecule has 1 aliphatic carbocycles. The molecule has 1 saturated carbocycles. The number of amides is 1. The molecule has 2 rings (SSSR count). The van der Waals surface area contributed by atoms with Crippen LogP contribution in [-0.2, 0) is 4.74 Å². The van der Waals surface area contributed by atoms with Crippen LogP contribution in [0.2, 0.25) is 14.8 Å². The van der Waals surface area contributed by atoms with Gasteiger partial charge in [-0.2, -0.15) is 0 Å². The number of halogens is 1. The van der Waals surface area contributed by atoms with Gasteiger partial charge in [0.15, 0.2) is 0 Å². The van der Waals surface area contributed by atoms with Crippen molar-refractivity contribution in [3.8, 4) is 0 Å². The summed E-state index contributed by atoms with van der Waals surface area (Å²) in [5, 5.41) is 0. The Labute approximate surface area is 110 Å². The van der Waals surface area contributed by atoms with E-state index in [2.05, 4.69) is 14.8 Å². The van der Waals surface area contributed by atoms with Crippen molar-refractivity contribution in [2.45, 2.75) is 33.3 Å². The molecular weight excluding hydrogens is 340 g/mol. The number of hydrogen-bond acceptors (Lipinski definition) is 2. The van der Waals surface area contributed by atoms with Gasteiger partial charge in [-0.15, -0.1) is 0 Å². The number of benzene rings is 1. The predicted molar refractivity (Wildman–Crippen MR) is 71.2 cm³/mol. The first kappa shape index (κ1) is 13.6. The average Bonchev–Trinajstić information content (AvgIpc) is 2.93. The third kappa shape index (κ3) is 2.96. The molecule has 0 aromatic heterocycles. The van der Waals surface area contributed by atoms with E-state index in [0.29, 0.717) is 0 Å². The summed E-state index contributed by atoms with van der Waals surface area (Å²) in [4.78, 5) is 17.2. The Hall–Kier alpha value is -0.781. The number of nitrogens with two attached hydrogens (primary N) is 1. The van der Waals surface area contributed by atoms with Crippen molar-refractivity contribution in [3.05, 3.63) is 29.6 Å². The number of hydrogen-bond donors (Lipinski definition) is 1. The Morgan fingerprint density at radius 2 is 2.11 bits per heavy atom. The van der Waals surface area contributed by atoms with Crippen molar-refractivity contribution in [2.24, 2.45) is 5.73 Å². The van der Waals surface area contributed by atoms with Crippen LogP contribution in [0.1, 0.15) is 17.9 Å². The summed E-state index contributed by atoms with van der Waals surface area (Å²) in [6.07, 6.45) is -0.197. The molecule has 0 spiro atoms. The van der Waals surface area contributed by atoms with Gasteiger partial charge in [-0.1, -0.05) is 0 Å². The molecule has 0 heterocycles. The average molecular weight is 358 g/mol. The normalized spacial score (nSPS) is 22.7. The third-order valence-electron chi connectivity index (χ3n) is 3.23. The summed E-state index contributed by atoms with van der Waals surface area (Å²) in [7, 11) is 0. The van der Waals surface area contributed by atoms with Gasteiger partial charge in [-0.25, -0.2) is 0 Å². The molecule has 0 unspecified atom stereocenters. The van der Waals surface area contributed by atoms with E-state index in [4.69, 9.17) is 10.5 Å². The van der Waals surface area contributed by atoms with Gasteiger partial charge in [0.1, 0.15) is 0 Å². The molecule has 2 N–H and O–H groups in total. The second kappa shape index (κ2) is 4.72. The van der Waals surface area contributed by atoms with Gasteiger partial charge >= 0.3 is 111 Å². The Balaban J connectivity index is 2.14. The van der Waals surface area contributed by atoms with E-state index >= 15 is 0 Å². The fraction of sp³-hybridized carbons (Fsp3) is 0.462. The molecule has 1 amide bonds. The second-order valence-electron chi connectivity index (χ2n) is 5.81. The molecule has 0 radical (unpaired) electrons. The van der Waals surface area contributed by atoms with E-state index in [-0.39, 0.29) is 17.8 Å². The summed E-state index contributed by atoms with van der Waals surface area (Å²) in [6, 6.07) is 5.45. The minimum absolute atomic E-state index is 0.108. The van der Waals surface area contributed by atoms with Crippen LogP contribution in [0.15, 0.2) is 18.2 Å². The van der Waals surface area contributed by atoms with Crippen molar-refractivity contribution in [1.29, 1.82) is 0 Å². The zero-order valence-electron chi connectivity index (χ0n) is 10.9. The van der Waals surface area contributed by atoms with E-state index in [1.165, 1.54) is 0 Å². The molecule has 18 heavy (non-hydrogen) atoms.